The Morgan fingerprint density at radius 2 is 2.09 bits per heavy atom. The summed E-state index contributed by atoms with van der Waals surface area (Å²) >= 11 is 0. The molecule has 1 atom stereocenters. The van der Waals surface area contributed by atoms with E-state index in [0.717, 1.165) is 31.2 Å². The van der Waals surface area contributed by atoms with Gasteiger partial charge in [0.25, 0.3) is 0 Å². The molecular formula is C18H22N4. The van der Waals surface area contributed by atoms with Crippen molar-refractivity contribution in [1.29, 1.82) is 0 Å². The zero-order valence-electron chi connectivity index (χ0n) is 13.0. The molecule has 1 aliphatic carbocycles. The molecule has 1 saturated carbocycles. The highest BCUT2D eigenvalue weighted by Gasteiger charge is 2.27. The lowest BCUT2D eigenvalue weighted by Crippen LogP contribution is -2.33. The number of nitrogens with one attached hydrogen (secondary N) is 1. The smallest absolute Gasteiger partial charge is 0.133 e. The van der Waals surface area contributed by atoms with E-state index >= 15 is 0 Å². The third kappa shape index (κ3) is 2.65. The van der Waals surface area contributed by atoms with E-state index in [9.17, 15) is 0 Å². The average Bonchev–Trinajstić information content (AvgIpc) is 3.33. The predicted molar refractivity (Wildman–Crippen MR) is 89.5 cm³/mol. The van der Waals surface area contributed by atoms with Crippen LogP contribution in [0.2, 0.25) is 0 Å². The van der Waals surface area contributed by atoms with E-state index in [4.69, 9.17) is 0 Å². The highest BCUT2D eigenvalue weighted by Crippen LogP contribution is 2.38. The molecule has 2 aromatic rings. The van der Waals surface area contributed by atoms with E-state index in [1.807, 2.05) is 12.3 Å². The van der Waals surface area contributed by atoms with Crippen molar-refractivity contribution in [3.8, 4) is 0 Å². The molecule has 1 aromatic carbocycles. The standard InChI is InChI=1S/C18H22N4/c1-13-12-15-4-2-3-5-16(15)22(13)11-10-19-17-8-9-20-18(21-17)14-6-7-14/h2-5,8-9,13-14H,6-7,10-12H2,1H3,(H,19,20,21). The van der Waals surface area contributed by atoms with Crippen molar-refractivity contribution in [2.24, 2.45) is 0 Å². The highest BCUT2D eigenvalue weighted by molar-refractivity contribution is 5.59. The van der Waals surface area contributed by atoms with Gasteiger partial charge in [-0.2, -0.15) is 0 Å². The topological polar surface area (TPSA) is 41.0 Å². The van der Waals surface area contributed by atoms with Crippen molar-refractivity contribution in [3.63, 3.8) is 0 Å². The zero-order valence-corrected chi connectivity index (χ0v) is 13.0. The van der Waals surface area contributed by atoms with Crippen LogP contribution in [-0.4, -0.2) is 29.1 Å². The molecule has 1 N–H and O–H groups in total. The summed E-state index contributed by atoms with van der Waals surface area (Å²) in [6.07, 6.45) is 5.50. The second-order valence-corrected chi connectivity index (χ2v) is 6.38. The van der Waals surface area contributed by atoms with Gasteiger partial charge in [-0.15, -0.1) is 0 Å². The van der Waals surface area contributed by atoms with Crippen molar-refractivity contribution in [2.45, 2.75) is 38.1 Å². The van der Waals surface area contributed by atoms with Gasteiger partial charge in [-0.3, -0.25) is 0 Å². The van der Waals surface area contributed by atoms with Gasteiger partial charge in [-0.1, -0.05) is 18.2 Å². The maximum atomic E-state index is 4.62. The maximum absolute atomic E-state index is 4.62. The Morgan fingerprint density at radius 3 is 2.95 bits per heavy atom. The average molecular weight is 294 g/mol. The molecule has 2 aliphatic rings. The summed E-state index contributed by atoms with van der Waals surface area (Å²) in [5.74, 6) is 2.56. The molecule has 0 saturated heterocycles. The van der Waals surface area contributed by atoms with Crippen molar-refractivity contribution < 1.29 is 0 Å². The molecule has 0 radical (unpaired) electrons. The summed E-state index contributed by atoms with van der Waals surface area (Å²) in [5, 5.41) is 3.45. The summed E-state index contributed by atoms with van der Waals surface area (Å²) in [5.41, 5.74) is 2.85. The van der Waals surface area contributed by atoms with Gasteiger partial charge in [-0.25, -0.2) is 9.97 Å². The SMILES string of the molecule is CC1Cc2ccccc2N1CCNc1ccnc(C2CC2)n1. The Morgan fingerprint density at radius 1 is 1.23 bits per heavy atom. The lowest BCUT2D eigenvalue weighted by Gasteiger charge is -2.25. The first kappa shape index (κ1) is 13.6. The van der Waals surface area contributed by atoms with E-state index in [1.54, 1.807) is 0 Å². The number of benzene rings is 1. The summed E-state index contributed by atoms with van der Waals surface area (Å²) in [4.78, 5) is 11.5. The van der Waals surface area contributed by atoms with Crippen LogP contribution in [0.3, 0.4) is 0 Å². The summed E-state index contributed by atoms with van der Waals surface area (Å²) in [7, 11) is 0. The quantitative estimate of drug-likeness (QED) is 0.919. The van der Waals surface area contributed by atoms with Crippen molar-refractivity contribution in [1.82, 2.24) is 9.97 Å². The number of rotatable bonds is 5. The monoisotopic (exact) mass is 294 g/mol. The number of hydrogen-bond acceptors (Lipinski definition) is 4. The number of fused-ring (bicyclic) bond motifs is 1. The first-order chi connectivity index (χ1) is 10.8. The molecule has 4 heteroatoms. The Kier molecular flexibility index (Phi) is 3.45. The molecule has 0 bridgehead atoms. The lowest BCUT2D eigenvalue weighted by molar-refractivity contribution is 0.680. The Balaban J connectivity index is 1.38. The van der Waals surface area contributed by atoms with Crippen LogP contribution in [0.5, 0.6) is 0 Å². The normalized spacial score (nSPS) is 20.0. The number of nitrogens with zero attached hydrogens (tertiary/aromatic N) is 3. The summed E-state index contributed by atoms with van der Waals surface area (Å²) in [6, 6.07) is 11.3. The number of para-hydroxylation sites is 1. The Hall–Kier alpha value is -2.10. The largest absolute Gasteiger partial charge is 0.368 e. The Labute approximate surface area is 131 Å². The fraction of sp³-hybridized carbons (Fsp3) is 0.444. The number of hydrogen-bond donors (Lipinski definition) is 1. The molecular weight excluding hydrogens is 272 g/mol. The van der Waals surface area contributed by atoms with Crippen LogP contribution < -0.4 is 10.2 Å². The second kappa shape index (κ2) is 5.59. The van der Waals surface area contributed by atoms with E-state index in [-0.39, 0.29) is 0 Å². The van der Waals surface area contributed by atoms with Gasteiger partial charge >= 0.3 is 0 Å². The van der Waals surface area contributed by atoms with Crippen LogP contribution in [0.25, 0.3) is 0 Å². The molecule has 1 aromatic heterocycles. The van der Waals surface area contributed by atoms with E-state index in [1.165, 1.54) is 24.1 Å². The number of aromatic nitrogens is 2. The van der Waals surface area contributed by atoms with Gasteiger partial charge in [0.15, 0.2) is 0 Å². The van der Waals surface area contributed by atoms with Crippen LogP contribution in [-0.2, 0) is 6.42 Å². The lowest BCUT2D eigenvalue weighted by atomic mass is 10.1. The molecule has 4 nitrogen and oxygen atoms in total. The molecule has 114 valence electrons. The third-order valence-electron chi connectivity index (χ3n) is 4.62. The van der Waals surface area contributed by atoms with E-state index in [0.29, 0.717) is 12.0 Å². The minimum atomic E-state index is 0.576. The predicted octanol–water partition coefficient (Wildman–Crippen LogP) is 3.22. The van der Waals surface area contributed by atoms with Crippen LogP contribution in [0.15, 0.2) is 36.5 Å². The molecule has 1 aliphatic heterocycles. The van der Waals surface area contributed by atoms with Crippen LogP contribution in [0.4, 0.5) is 11.5 Å². The summed E-state index contributed by atoms with van der Waals surface area (Å²) < 4.78 is 0. The molecule has 1 fully saturated rings. The fourth-order valence-corrected chi connectivity index (χ4v) is 3.29. The summed E-state index contributed by atoms with van der Waals surface area (Å²) in [6.45, 7) is 4.20. The van der Waals surface area contributed by atoms with Crippen molar-refractivity contribution in [3.05, 3.63) is 47.9 Å². The fourth-order valence-electron chi connectivity index (χ4n) is 3.29. The van der Waals surface area contributed by atoms with Crippen LogP contribution >= 0.6 is 0 Å². The van der Waals surface area contributed by atoms with Gasteiger partial charge in [0.2, 0.25) is 0 Å². The van der Waals surface area contributed by atoms with Gasteiger partial charge in [-0.05, 0) is 43.9 Å². The third-order valence-corrected chi connectivity index (χ3v) is 4.62. The second-order valence-electron chi connectivity index (χ2n) is 6.38. The molecule has 22 heavy (non-hydrogen) atoms. The van der Waals surface area contributed by atoms with E-state index < -0.39 is 0 Å². The molecule has 0 spiro atoms. The molecule has 2 heterocycles. The van der Waals surface area contributed by atoms with Crippen molar-refractivity contribution >= 4 is 11.5 Å². The van der Waals surface area contributed by atoms with Crippen LogP contribution in [0.1, 0.15) is 37.1 Å². The molecule has 4 rings (SSSR count). The molecule has 0 amide bonds. The zero-order chi connectivity index (χ0) is 14.9. The van der Waals surface area contributed by atoms with Gasteiger partial charge in [0, 0.05) is 36.9 Å². The van der Waals surface area contributed by atoms with Crippen molar-refractivity contribution in [2.75, 3.05) is 23.3 Å². The van der Waals surface area contributed by atoms with Gasteiger partial charge < -0.3 is 10.2 Å². The number of anilines is 2. The van der Waals surface area contributed by atoms with E-state index in [2.05, 4.69) is 51.4 Å². The van der Waals surface area contributed by atoms with Gasteiger partial charge in [0.05, 0.1) is 0 Å². The highest BCUT2D eigenvalue weighted by atomic mass is 15.2. The Bertz CT molecular complexity index is 666. The minimum Gasteiger partial charge on any atom is -0.368 e. The van der Waals surface area contributed by atoms with Gasteiger partial charge in [0.1, 0.15) is 11.6 Å². The first-order valence-electron chi connectivity index (χ1n) is 8.22. The molecule has 1 unspecified atom stereocenters. The first-order valence-corrected chi connectivity index (χ1v) is 8.22. The maximum Gasteiger partial charge on any atom is 0.133 e. The minimum absolute atomic E-state index is 0.576. The van der Waals surface area contributed by atoms with Crippen LogP contribution in [0, 0.1) is 0 Å².